The largest absolute Gasteiger partial charge is 0.512 e. The summed E-state index contributed by atoms with van der Waals surface area (Å²) >= 11 is 0. The van der Waals surface area contributed by atoms with Crippen LogP contribution in [0.15, 0.2) is 60.5 Å². The molecule has 0 saturated carbocycles. The van der Waals surface area contributed by atoms with Gasteiger partial charge in [-0.25, -0.2) is 0 Å². The number of fused-ring (bicyclic) bond motifs is 1. The second-order valence-electron chi connectivity index (χ2n) is 11.3. The standard InChI is InChI=1S/C21H22N.C11H20O2.Ir/c1-4-15(3)19-10-16(5-2)11-20(12-19)21-13-17-8-6-7-9-18(17)14-22-21;1-10(2,3)8(12)7-9(13)11(4,5)6;/h6-10,12-15H,4-5H2,1-3H3;7,12H,1-6H3;/q-1;;/b;8-7-;. The van der Waals surface area contributed by atoms with E-state index in [9.17, 15) is 9.90 Å². The van der Waals surface area contributed by atoms with E-state index in [2.05, 4.69) is 74.3 Å². The monoisotopic (exact) mass is 665 g/mol. The van der Waals surface area contributed by atoms with Gasteiger partial charge in [0.15, 0.2) is 5.78 Å². The number of hydrogen-bond donors (Lipinski definition) is 1. The summed E-state index contributed by atoms with van der Waals surface area (Å²) < 4.78 is 0. The van der Waals surface area contributed by atoms with Crippen LogP contribution in [0.5, 0.6) is 0 Å². The van der Waals surface area contributed by atoms with E-state index in [0.29, 0.717) is 5.92 Å². The van der Waals surface area contributed by atoms with Gasteiger partial charge in [0.2, 0.25) is 0 Å². The molecule has 4 heteroatoms. The van der Waals surface area contributed by atoms with Crippen LogP contribution in [0.2, 0.25) is 0 Å². The number of aliphatic hydroxyl groups excluding tert-OH is 1. The number of aryl methyl sites for hydroxylation is 1. The Hall–Kier alpha value is -2.29. The predicted octanol–water partition coefficient (Wildman–Crippen LogP) is 8.86. The maximum atomic E-state index is 11.5. The van der Waals surface area contributed by atoms with Gasteiger partial charge in [-0.15, -0.1) is 34.9 Å². The summed E-state index contributed by atoms with van der Waals surface area (Å²) in [4.78, 5) is 16.1. The molecule has 0 fully saturated rings. The number of benzene rings is 2. The Balaban J connectivity index is 0.000000402. The zero-order chi connectivity index (χ0) is 26.4. The van der Waals surface area contributed by atoms with Crippen molar-refractivity contribution in [1.29, 1.82) is 0 Å². The van der Waals surface area contributed by atoms with Crippen molar-refractivity contribution in [3.8, 4) is 11.3 Å². The number of ketones is 1. The Morgan fingerprint density at radius 2 is 1.61 bits per heavy atom. The molecule has 3 aromatic rings. The molecule has 0 aliphatic heterocycles. The SMILES string of the molecule is CC(C)(C)C(=O)/C=C(\O)C(C)(C)C.CCc1[c-]c(-c2cc3ccccc3cn2)cc(C(C)CC)c1.[Ir]. The quantitative estimate of drug-likeness (QED) is 0.168. The summed E-state index contributed by atoms with van der Waals surface area (Å²) in [6.45, 7) is 17.8. The second-order valence-corrected chi connectivity index (χ2v) is 11.3. The zero-order valence-electron chi connectivity index (χ0n) is 23.3. The number of nitrogens with zero attached hydrogens (tertiary/aromatic N) is 1. The number of carbonyl (C=O) groups excluding carboxylic acids is 1. The van der Waals surface area contributed by atoms with Gasteiger partial charge in [0.25, 0.3) is 0 Å². The summed E-state index contributed by atoms with van der Waals surface area (Å²) in [6, 6.07) is 18.6. The van der Waals surface area contributed by atoms with E-state index in [1.807, 2.05) is 47.7 Å². The molecule has 1 radical (unpaired) electrons. The summed E-state index contributed by atoms with van der Waals surface area (Å²) in [5.41, 5.74) is 4.02. The maximum absolute atomic E-state index is 11.5. The van der Waals surface area contributed by atoms with Crippen molar-refractivity contribution in [1.82, 2.24) is 4.98 Å². The van der Waals surface area contributed by atoms with E-state index >= 15 is 0 Å². The molecular weight excluding hydrogens is 623 g/mol. The zero-order valence-corrected chi connectivity index (χ0v) is 25.7. The summed E-state index contributed by atoms with van der Waals surface area (Å²) in [6.07, 6.45) is 5.45. The van der Waals surface area contributed by atoms with Crippen LogP contribution < -0.4 is 0 Å². The average Bonchev–Trinajstić information content (AvgIpc) is 2.82. The summed E-state index contributed by atoms with van der Waals surface area (Å²) in [7, 11) is 0. The molecule has 0 spiro atoms. The first-order chi connectivity index (χ1) is 16.3. The van der Waals surface area contributed by atoms with Gasteiger partial charge >= 0.3 is 0 Å². The van der Waals surface area contributed by atoms with Gasteiger partial charge < -0.3 is 10.1 Å². The van der Waals surface area contributed by atoms with E-state index in [1.165, 1.54) is 28.0 Å². The van der Waals surface area contributed by atoms with Crippen LogP contribution in [-0.2, 0) is 31.3 Å². The number of carbonyl (C=O) groups is 1. The molecule has 0 aliphatic carbocycles. The normalized spacial score (nSPS) is 12.9. The average molecular weight is 665 g/mol. The van der Waals surface area contributed by atoms with Crippen molar-refractivity contribution < 1.29 is 30.0 Å². The van der Waals surface area contributed by atoms with Gasteiger partial charge in [-0.1, -0.05) is 99.1 Å². The van der Waals surface area contributed by atoms with Crippen molar-refractivity contribution in [3.63, 3.8) is 0 Å². The molecule has 197 valence electrons. The van der Waals surface area contributed by atoms with E-state index < -0.39 is 5.41 Å². The van der Waals surface area contributed by atoms with Crippen LogP contribution >= 0.6 is 0 Å². The van der Waals surface area contributed by atoms with Crippen molar-refractivity contribution in [2.45, 2.75) is 81.1 Å². The van der Waals surface area contributed by atoms with Crippen LogP contribution in [-0.4, -0.2) is 15.9 Å². The van der Waals surface area contributed by atoms with Gasteiger partial charge in [-0.05, 0) is 28.8 Å². The van der Waals surface area contributed by atoms with Gasteiger partial charge in [-0.2, -0.15) is 0 Å². The molecule has 3 nitrogen and oxygen atoms in total. The molecular formula is C32H42IrNO2-. The molecule has 3 rings (SSSR count). The number of allylic oxidation sites excluding steroid dienone is 2. The molecule has 36 heavy (non-hydrogen) atoms. The predicted molar refractivity (Wildman–Crippen MR) is 149 cm³/mol. The molecule has 0 aliphatic rings. The fourth-order valence-corrected chi connectivity index (χ4v) is 3.29. The first kappa shape index (κ1) is 31.7. The number of hydrogen-bond acceptors (Lipinski definition) is 3. The number of aromatic nitrogens is 1. The molecule has 1 N–H and O–H groups in total. The second kappa shape index (κ2) is 13.3. The van der Waals surface area contributed by atoms with Gasteiger partial charge in [0.05, 0.1) is 0 Å². The topological polar surface area (TPSA) is 50.2 Å². The first-order valence-corrected chi connectivity index (χ1v) is 12.6. The minimum Gasteiger partial charge on any atom is -0.512 e. The van der Waals surface area contributed by atoms with Crippen molar-refractivity contribution in [2.75, 3.05) is 0 Å². The Labute approximate surface area is 231 Å². The molecule has 1 atom stereocenters. The van der Waals surface area contributed by atoms with Crippen LogP contribution in [0.1, 0.15) is 85.8 Å². The molecule has 1 heterocycles. The van der Waals surface area contributed by atoms with Gasteiger partial charge in [-0.3, -0.25) is 4.79 Å². The number of aliphatic hydroxyl groups is 1. The third kappa shape index (κ3) is 8.98. The minimum atomic E-state index is -0.417. The Morgan fingerprint density at radius 1 is 1.00 bits per heavy atom. The van der Waals surface area contributed by atoms with Crippen molar-refractivity contribution in [3.05, 3.63) is 77.7 Å². The molecule has 0 bridgehead atoms. The van der Waals surface area contributed by atoms with E-state index in [4.69, 9.17) is 0 Å². The van der Waals surface area contributed by atoms with Crippen molar-refractivity contribution in [2.24, 2.45) is 10.8 Å². The summed E-state index contributed by atoms with van der Waals surface area (Å²) in [5.74, 6) is 0.673. The third-order valence-electron chi connectivity index (χ3n) is 6.19. The van der Waals surface area contributed by atoms with Crippen LogP contribution in [0.4, 0.5) is 0 Å². The fraction of sp³-hybridized carbons (Fsp3) is 0.438. The number of rotatable bonds is 5. The molecule has 1 aromatic heterocycles. The third-order valence-corrected chi connectivity index (χ3v) is 6.19. The Kier molecular flexibility index (Phi) is 11.7. The minimum absolute atomic E-state index is 0. The van der Waals surface area contributed by atoms with E-state index in [-0.39, 0.29) is 37.1 Å². The van der Waals surface area contributed by atoms with E-state index in [1.54, 1.807) is 0 Å². The smallest absolute Gasteiger partial charge is 0.164 e. The van der Waals surface area contributed by atoms with Crippen LogP contribution in [0, 0.1) is 16.9 Å². The molecule has 0 saturated heterocycles. The Morgan fingerprint density at radius 3 is 2.14 bits per heavy atom. The van der Waals surface area contributed by atoms with Gasteiger partial charge in [0, 0.05) is 43.2 Å². The van der Waals surface area contributed by atoms with Crippen LogP contribution in [0.25, 0.3) is 22.0 Å². The molecule has 1 unspecified atom stereocenters. The van der Waals surface area contributed by atoms with Crippen LogP contribution in [0.3, 0.4) is 0 Å². The summed E-state index contributed by atoms with van der Waals surface area (Å²) in [5, 5.41) is 12.0. The molecule has 2 aromatic carbocycles. The van der Waals surface area contributed by atoms with Crippen molar-refractivity contribution >= 4 is 16.6 Å². The fourth-order valence-electron chi connectivity index (χ4n) is 3.29. The first-order valence-electron chi connectivity index (χ1n) is 12.6. The van der Waals surface area contributed by atoms with Gasteiger partial charge in [0.1, 0.15) is 5.76 Å². The molecule has 0 amide bonds. The maximum Gasteiger partial charge on any atom is 0.164 e. The number of pyridine rings is 1. The van der Waals surface area contributed by atoms with E-state index in [0.717, 1.165) is 24.1 Å². The Bertz CT molecular complexity index is 1180.